The lowest BCUT2D eigenvalue weighted by molar-refractivity contribution is 0.124. The summed E-state index contributed by atoms with van der Waals surface area (Å²) in [7, 11) is 1.74. The average Bonchev–Trinajstić information content (AvgIpc) is 2.36. The Morgan fingerprint density at radius 3 is 2.26 bits per heavy atom. The molecular formula is C15H21F2NO. The Kier molecular flexibility index (Phi) is 4.75. The molecule has 1 aliphatic rings. The number of hydrogen-bond acceptors (Lipinski definition) is 2. The molecule has 1 aliphatic carbocycles. The van der Waals surface area contributed by atoms with E-state index < -0.39 is 11.6 Å². The smallest absolute Gasteiger partial charge is 0.191 e. The Bertz CT molecular complexity index is 405. The summed E-state index contributed by atoms with van der Waals surface area (Å²) in [6, 6.07) is 2.67. The second kappa shape index (κ2) is 6.33. The molecule has 0 aliphatic heterocycles. The highest BCUT2D eigenvalue weighted by atomic mass is 19.1. The van der Waals surface area contributed by atoms with Gasteiger partial charge in [-0.25, -0.2) is 8.78 Å². The van der Waals surface area contributed by atoms with Crippen molar-refractivity contribution < 1.29 is 13.5 Å². The zero-order valence-corrected chi connectivity index (χ0v) is 11.5. The molecule has 1 aromatic rings. The fourth-order valence-corrected chi connectivity index (χ4v) is 2.55. The van der Waals surface area contributed by atoms with Crippen molar-refractivity contribution in [3.63, 3.8) is 0 Å². The van der Waals surface area contributed by atoms with Crippen LogP contribution in [-0.4, -0.2) is 13.2 Å². The molecule has 0 heterocycles. The minimum absolute atomic E-state index is 0.0599. The summed E-state index contributed by atoms with van der Waals surface area (Å²) in [5.41, 5.74) is 0.585. The highest BCUT2D eigenvalue weighted by molar-refractivity contribution is 5.31. The third-order valence-electron chi connectivity index (χ3n) is 3.69. The highest BCUT2D eigenvalue weighted by Crippen LogP contribution is 2.30. The maximum atomic E-state index is 13.9. The van der Waals surface area contributed by atoms with Crippen LogP contribution in [0, 0.1) is 17.6 Å². The van der Waals surface area contributed by atoms with E-state index in [0.29, 0.717) is 18.0 Å². The van der Waals surface area contributed by atoms with Gasteiger partial charge in [-0.05, 0) is 56.3 Å². The highest BCUT2D eigenvalue weighted by Gasteiger charge is 2.22. The maximum Gasteiger partial charge on any atom is 0.191 e. The summed E-state index contributed by atoms with van der Waals surface area (Å²) < 4.78 is 33.3. The Hall–Kier alpha value is -1.16. The molecule has 0 unspecified atom stereocenters. The Balaban J connectivity index is 2.07. The fourth-order valence-electron chi connectivity index (χ4n) is 2.55. The summed E-state index contributed by atoms with van der Waals surface area (Å²) >= 11 is 0. The molecule has 1 saturated carbocycles. The third-order valence-corrected chi connectivity index (χ3v) is 3.69. The molecule has 0 spiro atoms. The Labute approximate surface area is 113 Å². The van der Waals surface area contributed by atoms with Gasteiger partial charge in [0.15, 0.2) is 17.4 Å². The first kappa shape index (κ1) is 14.3. The van der Waals surface area contributed by atoms with E-state index in [2.05, 4.69) is 12.2 Å². The fraction of sp³-hybridized carbons (Fsp3) is 0.600. The standard InChI is InChI=1S/C15H21F2NO/c1-10-3-5-12(6-4-10)19-15-13(16)7-11(9-18-2)8-14(15)17/h7-8,10,12,18H,3-6,9H2,1-2H3. The van der Waals surface area contributed by atoms with Gasteiger partial charge in [0.2, 0.25) is 0 Å². The van der Waals surface area contributed by atoms with Crippen LogP contribution in [0.2, 0.25) is 0 Å². The molecule has 19 heavy (non-hydrogen) atoms. The van der Waals surface area contributed by atoms with Crippen molar-refractivity contribution in [1.29, 1.82) is 0 Å². The minimum Gasteiger partial charge on any atom is -0.484 e. The van der Waals surface area contributed by atoms with E-state index in [1.807, 2.05) is 0 Å². The van der Waals surface area contributed by atoms with Crippen molar-refractivity contribution in [3.05, 3.63) is 29.3 Å². The normalized spacial score (nSPS) is 23.4. The van der Waals surface area contributed by atoms with Gasteiger partial charge < -0.3 is 10.1 Å². The maximum absolute atomic E-state index is 13.9. The van der Waals surface area contributed by atoms with Gasteiger partial charge in [-0.15, -0.1) is 0 Å². The van der Waals surface area contributed by atoms with Gasteiger partial charge >= 0.3 is 0 Å². The van der Waals surface area contributed by atoms with Crippen molar-refractivity contribution in [3.8, 4) is 5.75 Å². The van der Waals surface area contributed by atoms with E-state index >= 15 is 0 Å². The quantitative estimate of drug-likeness (QED) is 0.901. The van der Waals surface area contributed by atoms with Gasteiger partial charge in [0.1, 0.15) is 0 Å². The molecule has 2 nitrogen and oxygen atoms in total. The molecule has 0 aromatic heterocycles. The van der Waals surface area contributed by atoms with Crippen molar-refractivity contribution in [1.82, 2.24) is 5.32 Å². The van der Waals surface area contributed by atoms with Crippen LogP contribution in [0.25, 0.3) is 0 Å². The van der Waals surface area contributed by atoms with E-state index in [9.17, 15) is 8.78 Å². The van der Waals surface area contributed by atoms with E-state index in [1.165, 1.54) is 12.1 Å². The molecule has 2 rings (SSSR count). The van der Waals surface area contributed by atoms with Crippen molar-refractivity contribution in [2.75, 3.05) is 7.05 Å². The zero-order valence-electron chi connectivity index (χ0n) is 11.5. The molecule has 106 valence electrons. The van der Waals surface area contributed by atoms with Gasteiger partial charge in [0.05, 0.1) is 6.10 Å². The lowest BCUT2D eigenvalue weighted by atomic mass is 9.89. The first-order valence-electron chi connectivity index (χ1n) is 6.89. The minimum atomic E-state index is -0.608. The van der Waals surface area contributed by atoms with E-state index in [0.717, 1.165) is 25.7 Å². The topological polar surface area (TPSA) is 21.3 Å². The van der Waals surface area contributed by atoms with Gasteiger partial charge in [0, 0.05) is 6.54 Å². The van der Waals surface area contributed by atoms with Gasteiger partial charge in [-0.1, -0.05) is 6.92 Å². The molecule has 0 amide bonds. The summed E-state index contributed by atoms with van der Waals surface area (Å²) in [6.45, 7) is 2.64. The van der Waals surface area contributed by atoms with Crippen LogP contribution >= 0.6 is 0 Å². The third kappa shape index (κ3) is 3.66. The number of hydrogen-bond donors (Lipinski definition) is 1. The van der Waals surface area contributed by atoms with E-state index in [-0.39, 0.29) is 11.9 Å². The van der Waals surface area contributed by atoms with Crippen molar-refractivity contribution in [2.45, 2.75) is 45.3 Å². The van der Waals surface area contributed by atoms with Crippen LogP contribution in [0.15, 0.2) is 12.1 Å². The van der Waals surface area contributed by atoms with Crippen LogP contribution in [0.4, 0.5) is 8.78 Å². The number of benzene rings is 1. The second-order valence-electron chi connectivity index (χ2n) is 5.42. The molecule has 0 atom stereocenters. The predicted octanol–water partition coefficient (Wildman–Crippen LogP) is 3.64. The van der Waals surface area contributed by atoms with Gasteiger partial charge in [-0.2, -0.15) is 0 Å². The first-order valence-corrected chi connectivity index (χ1v) is 6.89. The van der Waals surface area contributed by atoms with E-state index in [4.69, 9.17) is 4.74 Å². The number of halogens is 2. The van der Waals surface area contributed by atoms with Gasteiger partial charge in [0.25, 0.3) is 0 Å². The SMILES string of the molecule is CNCc1cc(F)c(OC2CCC(C)CC2)c(F)c1. The zero-order chi connectivity index (χ0) is 13.8. The van der Waals surface area contributed by atoms with Crippen molar-refractivity contribution in [2.24, 2.45) is 5.92 Å². The molecule has 1 fully saturated rings. The monoisotopic (exact) mass is 269 g/mol. The van der Waals surface area contributed by atoms with Crippen LogP contribution in [-0.2, 0) is 6.54 Å². The number of nitrogens with one attached hydrogen (secondary N) is 1. The lowest BCUT2D eigenvalue weighted by Gasteiger charge is -2.27. The Morgan fingerprint density at radius 2 is 1.74 bits per heavy atom. The van der Waals surface area contributed by atoms with Crippen molar-refractivity contribution >= 4 is 0 Å². The number of rotatable bonds is 4. The average molecular weight is 269 g/mol. The van der Waals surface area contributed by atoms with Crippen LogP contribution in [0.1, 0.15) is 38.2 Å². The first-order chi connectivity index (χ1) is 9.10. The predicted molar refractivity (Wildman–Crippen MR) is 71.2 cm³/mol. The molecular weight excluding hydrogens is 248 g/mol. The summed E-state index contributed by atoms with van der Waals surface area (Å²) in [4.78, 5) is 0. The van der Waals surface area contributed by atoms with Gasteiger partial charge in [-0.3, -0.25) is 0 Å². The molecule has 4 heteroatoms. The molecule has 0 saturated heterocycles. The largest absolute Gasteiger partial charge is 0.484 e. The molecule has 1 N–H and O–H groups in total. The van der Waals surface area contributed by atoms with E-state index in [1.54, 1.807) is 7.05 Å². The molecule has 1 aromatic carbocycles. The summed E-state index contributed by atoms with van der Waals surface area (Å²) in [5, 5.41) is 2.87. The number of ether oxygens (including phenoxy) is 1. The van der Waals surface area contributed by atoms with Crippen LogP contribution in [0.3, 0.4) is 0 Å². The summed E-state index contributed by atoms with van der Waals surface area (Å²) in [6.07, 6.45) is 3.81. The Morgan fingerprint density at radius 1 is 1.16 bits per heavy atom. The van der Waals surface area contributed by atoms with Crippen LogP contribution < -0.4 is 10.1 Å². The lowest BCUT2D eigenvalue weighted by Crippen LogP contribution is -2.24. The molecule has 0 bridgehead atoms. The summed E-state index contributed by atoms with van der Waals surface area (Å²) in [5.74, 6) is -0.750. The van der Waals surface area contributed by atoms with Crippen LogP contribution in [0.5, 0.6) is 5.75 Å². The molecule has 0 radical (unpaired) electrons. The second-order valence-corrected chi connectivity index (χ2v) is 5.42.